The summed E-state index contributed by atoms with van der Waals surface area (Å²) in [5, 5.41) is 4.26. The highest BCUT2D eigenvalue weighted by Gasteiger charge is 2.01. The molecular weight excluding hydrogens is 188 g/mol. The first-order chi connectivity index (χ1) is 7.20. The van der Waals surface area contributed by atoms with Crippen molar-refractivity contribution in [2.24, 2.45) is 0 Å². The van der Waals surface area contributed by atoms with Crippen LogP contribution in [0.3, 0.4) is 0 Å². The molecule has 0 amide bonds. The zero-order valence-electron chi connectivity index (χ0n) is 9.19. The van der Waals surface area contributed by atoms with E-state index in [1.807, 2.05) is 16.9 Å². The van der Waals surface area contributed by atoms with Crippen molar-refractivity contribution >= 4 is 0 Å². The number of benzene rings is 1. The minimum absolute atomic E-state index is 0.633. The molecule has 3 nitrogen and oxygen atoms in total. The number of hydrogen-bond donors (Lipinski definition) is 0. The number of aromatic nitrogens is 2. The van der Waals surface area contributed by atoms with Crippen LogP contribution in [0.5, 0.6) is 5.88 Å². The third-order valence-electron chi connectivity index (χ3n) is 2.53. The summed E-state index contributed by atoms with van der Waals surface area (Å²) in [6.45, 7) is 4.20. The lowest BCUT2D eigenvalue weighted by atomic mass is 10.1. The molecule has 1 heterocycles. The van der Waals surface area contributed by atoms with Gasteiger partial charge in [-0.3, -0.25) is 0 Å². The highest BCUT2D eigenvalue weighted by molar-refractivity contribution is 5.39. The van der Waals surface area contributed by atoms with Crippen LogP contribution in [0.4, 0.5) is 0 Å². The summed E-state index contributed by atoms with van der Waals surface area (Å²) >= 11 is 0. The van der Waals surface area contributed by atoms with Crippen molar-refractivity contribution in [1.29, 1.82) is 0 Å². The van der Waals surface area contributed by atoms with Crippen molar-refractivity contribution in [1.82, 2.24) is 9.78 Å². The molecule has 15 heavy (non-hydrogen) atoms. The van der Waals surface area contributed by atoms with Crippen LogP contribution in [0.25, 0.3) is 5.69 Å². The van der Waals surface area contributed by atoms with Gasteiger partial charge < -0.3 is 4.74 Å². The number of hydrogen-bond acceptors (Lipinski definition) is 2. The van der Waals surface area contributed by atoms with E-state index >= 15 is 0 Å². The molecule has 0 aliphatic carbocycles. The Labute approximate surface area is 89.3 Å². The molecule has 0 spiro atoms. The zero-order valence-corrected chi connectivity index (χ0v) is 9.19. The Morgan fingerprint density at radius 1 is 1.13 bits per heavy atom. The molecule has 0 aliphatic rings. The molecule has 2 rings (SSSR count). The van der Waals surface area contributed by atoms with Crippen LogP contribution in [-0.4, -0.2) is 16.9 Å². The molecule has 0 saturated carbocycles. The molecule has 0 bridgehead atoms. The minimum Gasteiger partial charge on any atom is -0.480 e. The Morgan fingerprint density at radius 3 is 2.53 bits per heavy atom. The Hall–Kier alpha value is -1.77. The fraction of sp³-hybridized carbons (Fsp3) is 0.250. The maximum absolute atomic E-state index is 5.04. The fourth-order valence-corrected chi connectivity index (χ4v) is 1.43. The van der Waals surface area contributed by atoms with Crippen LogP contribution in [0.2, 0.25) is 0 Å². The summed E-state index contributed by atoms with van der Waals surface area (Å²) in [5.41, 5.74) is 3.61. The molecule has 0 aliphatic heterocycles. The Morgan fingerprint density at radius 2 is 1.93 bits per heavy atom. The maximum atomic E-state index is 5.04. The van der Waals surface area contributed by atoms with Gasteiger partial charge in [0.05, 0.1) is 12.8 Å². The molecule has 0 unspecified atom stereocenters. The van der Waals surface area contributed by atoms with E-state index in [9.17, 15) is 0 Å². The summed E-state index contributed by atoms with van der Waals surface area (Å²) in [4.78, 5) is 0. The number of aryl methyl sites for hydroxylation is 2. The van der Waals surface area contributed by atoms with E-state index in [0.717, 1.165) is 5.69 Å². The van der Waals surface area contributed by atoms with E-state index < -0.39 is 0 Å². The molecule has 0 fully saturated rings. The molecule has 0 saturated heterocycles. The second-order valence-corrected chi connectivity index (χ2v) is 3.57. The molecule has 0 N–H and O–H groups in total. The van der Waals surface area contributed by atoms with Crippen molar-refractivity contribution in [2.75, 3.05) is 7.11 Å². The van der Waals surface area contributed by atoms with E-state index in [-0.39, 0.29) is 0 Å². The summed E-state index contributed by atoms with van der Waals surface area (Å²) in [6.07, 6.45) is 1.89. The summed E-state index contributed by atoms with van der Waals surface area (Å²) in [5.74, 6) is 0.633. The molecule has 0 atom stereocenters. The molecule has 1 aromatic carbocycles. The van der Waals surface area contributed by atoms with Crippen LogP contribution >= 0.6 is 0 Å². The predicted octanol–water partition coefficient (Wildman–Crippen LogP) is 2.50. The standard InChI is InChI=1S/C12H14N2O/c1-9-4-5-11(8-10(9)2)14-7-6-12(13-14)15-3/h4-8H,1-3H3. The van der Waals surface area contributed by atoms with E-state index in [1.165, 1.54) is 11.1 Å². The van der Waals surface area contributed by atoms with Crippen LogP contribution in [0.15, 0.2) is 30.5 Å². The first-order valence-corrected chi connectivity index (χ1v) is 4.88. The van der Waals surface area contributed by atoms with Crippen LogP contribution < -0.4 is 4.74 Å². The highest BCUT2D eigenvalue weighted by Crippen LogP contribution is 2.15. The van der Waals surface area contributed by atoms with Gasteiger partial charge in [0.25, 0.3) is 0 Å². The summed E-state index contributed by atoms with van der Waals surface area (Å²) in [6, 6.07) is 8.10. The number of methoxy groups -OCH3 is 1. The van der Waals surface area contributed by atoms with Gasteiger partial charge in [-0.25, -0.2) is 4.68 Å². The Bertz CT molecular complexity index is 474. The van der Waals surface area contributed by atoms with Gasteiger partial charge in [-0.1, -0.05) is 6.07 Å². The minimum atomic E-state index is 0.633. The molecule has 2 aromatic rings. The van der Waals surface area contributed by atoms with Crippen molar-refractivity contribution in [3.63, 3.8) is 0 Å². The molecule has 0 radical (unpaired) electrons. The molecule has 3 heteroatoms. The van der Waals surface area contributed by atoms with E-state index in [0.29, 0.717) is 5.88 Å². The van der Waals surface area contributed by atoms with Gasteiger partial charge in [0, 0.05) is 12.3 Å². The topological polar surface area (TPSA) is 27.1 Å². The second kappa shape index (κ2) is 3.77. The lowest BCUT2D eigenvalue weighted by molar-refractivity contribution is 0.394. The SMILES string of the molecule is COc1ccn(-c2ccc(C)c(C)c2)n1. The monoisotopic (exact) mass is 202 g/mol. The smallest absolute Gasteiger partial charge is 0.232 e. The third-order valence-corrected chi connectivity index (χ3v) is 2.53. The third kappa shape index (κ3) is 1.86. The number of rotatable bonds is 2. The Kier molecular flexibility index (Phi) is 2.46. The van der Waals surface area contributed by atoms with Gasteiger partial charge in [-0.15, -0.1) is 5.10 Å². The van der Waals surface area contributed by atoms with Crippen molar-refractivity contribution in [3.05, 3.63) is 41.6 Å². The van der Waals surface area contributed by atoms with Crippen LogP contribution in [0, 0.1) is 13.8 Å². The lowest BCUT2D eigenvalue weighted by Crippen LogP contribution is -1.96. The number of nitrogens with zero attached hydrogens (tertiary/aromatic N) is 2. The highest BCUT2D eigenvalue weighted by atomic mass is 16.5. The molecular formula is C12H14N2O. The lowest BCUT2D eigenvalue weighted by Gasteiger charge is -2.04. The second-order valence-electron chi connectivity index (χ2n) is 3.57. The number of ether oxygens (including phenoxy) is 1. The maximum Gasteiger partial charge on any atom is 0.232 e. The van der Waals surface area contributed by atoms with Gasteiger partial charge >= 0.3 is 0 Å². The normalized spacial score (nSPS) is 10.3. The quantitative estimate of drug-likeness (QED) is 0.748. The van der Waals surface area contributed by atoms with Gasteiger partial charge in [0.2, 0.25) is 5.88 Å². The van der Waals surface area contributed by atoms with Gasteiger partial charge in [-0.05, 0) is 37.1 Å². The van der Waals surface area contributed by atoms with Crippen LogP contribution in [0.1, 0.15) is 11.1 Å². The van der Waals surface area contributed by atoms with Crippen molar-refractivity contribution in [2.45, 2.75) is 13.8 Å². The Balaban J connectivity index is 2.40. The predicted molar refractivity (Wildman–Crippen MR) is 59.6 cm³/mol. The van der Waals surface area contributed by atoms with E-state index in [1.54, 1.807) is 7.11 Å². The largest absolute Gasteiger partial charge is 0.480 e. The molecule has 1 aromatic heterocycles. The first-order valence-electron chi connectivity index (χ1n) is 4.88. The average molecular weight is 202 g/mol. The van der Waals surface area contributed by atoms with Crippen molar-refractivity contribution < 1.29 is 4.74 Å². The van der Waals surface area contributed by atoms with Gasteiger partial charge in [0.1, 0.15) is 0 Å². The molecule has 78 valence electrons. The van der Waals surface area contributed by atoms with Gasteiger partial charge in [0.15, 0.2) is 0 Å². The fourth-order valence-electron chi connectivity index (χ4n) is 1.43. The van der Waals surface area contributed by atoms with Gasteiger partial charge in [-0.2, -0.15) is 0 Å². The summed E-state index contributed by atoms with van der Waals surface area (Å²) in [7, 11) is 1.62. The van der Waals surface area contributed by atoms with E-state index in [4.69, 9.17) is 4.74 Å². The first kappa shape index (κ1) is 9.77. The van der Waals surface area contributed by atoms with Crippen LogP contribution in [-0.2, 0) is 0 Å². The average Bonchev–Trinajstić information content (AvgIpc) is 2.70. The zero-order chi connectivity index (χ0) is 10.8. The van der Waals surface area contributed by atoms with E-state index in [2.05, 4.69) is 37.1 Å². The van der Waals surface area contributed by atoms with Crippen molar-refractivity contribution in [3.8, 4) is 11.6 Å². The summed E-state index contributed by atoms with van der Waals surface area (Å²) < 4.78 is 6.85.